The van der Waals surface area contributed by atoms with Crippen LogP contribution in [0.4, 0.5) is 18.3 Å². The van der Waals surface area contributed by atoms with E-state index in [-0.39, 0.29) is 11.3 Å². The number of para-hydroxylation sites is 1. The number of pyridine rings is 1. The molecule has 0 aliphatic carbocycles. The molecule has 0 bridgehead atoms. The van der Waals surface area contributed by atoms with Crippen LogP contribution in [0.5, 0.6) is 0 Å². The number of nitrogens with zero attached hydrogens (tertiary/aromatic N) is 2. The molecular formula is C20H12F3N3OS. The van der Waals surface area contributed by atoms with Crippen molar-refractivity contribution in [3.05, 3.63) is 77.4 Å². The van der Waals surface area contributed by atoms with Crippen molar-refractivity contribution in [2.45, 2.75) is 6.18 Å². The number of carbonyl (C=O) groups is 1. The molecule has 4 aromatic rings. The number of fused-ring (bicyclic) bond motifs is 1. The van der Waals surface area contributed by atoms with E-state index < -0.39 is 17.6 Å². The predicted molar refractivity (Wildman–Crippen MR) is 102 cm³/mol. The van der Waals surface area contributed by atoms with Gasteiger partial charge in [0.1, 0.15) is 5.69 Å². The lowest BCUT2D eigenvalue weighted by atomic mass is 9.97. The Hall–Kier alpha value is -3.26. The number of halogens is 3. The number of carbonyl (C=O) groups excluding carboxylic acids is 1. The first-order valence-corrected chi connectivity index (χ1v) is 9.08. The zero-order valence-electron chi connectivity index (χ0n) is 14.2. The van der Waals surface area contributed by atoms with E-state index in [9.17, 15) is 18.0 Å². The largest absolute Gasteiger partial charge is 0.417 e. The Labute approximate surface area is 161 Å². The number of thiazole rings is 1. The lowest BCUT2D eigenvalue weighted by Gasteiger charge is -2.14. The Kier molecular flexibility index (Phi) is 4.56. The molecule has 4 nitrogen and oxygen atoms in total. The van der Waals surface area contributed by atoms with Crippen molar-refractivity contribution in [1.29, 1.82) is 0 Å². The maximum Gasteiger partial charge on any atom is 0.417 e. The highest BCUT2D eigenvalue weighted by atomic mass is 32.1. The van der Waals surface area contributed by atoms with Crippen molar-refractivity contribution in [1.82, 2.24) is 9.97 Å². The highest BCUT2D eigenvalue weighted by Gasteiger charge is 2.33. The SMILES string of the molecule is O=C(Nc1nccs1)c1ccc2cccc(-c3ccccc3C(F)(F)F)c2n1. The highest BCUT2D eigenvalue weighted by Crippen LogP contribution is 2.38. The molecule has 0 saturated heterocycles. The summed E-state index contributed by atoms with van der Waals surface area (Å²) in [7, 11) is 0. The molecule has 0 fully saturated rings. The molecular weight excluding hydrogens is 387 g/mol. The van der Waals surface area contributed by atoms with Crippen LogP contribution in [-0.2, 0) is 6.18 Å². The maximum absolute atomic E-state index is 13.5. The standard InChI is InChI=1S/C20H12F3N3OS/c21-20(22,23)15-7-2-1-5-13(15)14-6-3-4-12-8-9-16(25-17(12)14)18(27)26-19-24-10-11-28-19/h1-11H,(H,24,26,27). The molecule has 0 aliphatic heterocycles. The molecule has 140 valence electrons. The van der Waals surface area contributed by atoms with Crippen molar-refractivity contribution in [2.75, 3.05) is 5.32 Å². The molecule has 1 amide bonds. The van der Waals surface area contributed by atoms with Crippen LogP contribution in [0.2, 0.25) is 0 Å². The second kappa shape index (κ2) is 7.05. The van der Waals surface area contributed by atoms with Crippen molar-refractivity contribution >= 4 is 33.3 Å². The third kappa shape index (κ3) is 3.46. The fourth-order valence-corrected chi connectivity index (χ4v) is 3.43. The van der Waals surface area contributed by atoms with Gasteiger partial charge in [0.25, 0.3) is 5.91 Å². The monoisotopic (exact) mass is 399 g/mol. The summed E-state index contributed by atoms with van der Waals surface area (Å²) >= 11 is 1.26. The molecule has 0 unspecified atom stereocenters. The first-order valence-electron chi connectivity index (χ1n) is 8.21. The fourth-order valence-electron chi connectivity index (χ4n) is 2.90. The van der Waals surface area contributed by atoms with E-state index in [0.29, 0.717) is 21.6 Å². The third-order valence-electron chi connectivity index (χ3n) is 4.13. The van der Waals surface area contributed by atoms with Gasteiger partial charge in [0.2, 0.25) is 0 Å². The Balaban J connectivity index is 1.84. The summed E-state index contributed by atoms with van der Waals surface area (Å²) in [6, 6.07) is 13.5. The molecule has 0 saturated carbocycles. The van der Waals surface area contributed by atoms with Gasteiger partial charge in [-0.2, -0.15) is 13.2 Å². The molecule has 2 aromatic heterocycles. The van der Waals surface area contributed by atoms with Crippen LogP contribution in [0.1, 0.15) is 16.1 Å². The van der Waals surface area contributed by atoms with Crippen LogP contribution >= 0.6 is 11.3 Å². The molecule has 4 rings (SSSR count). The summed E-state index contributed by atoms with van der Waals surface area (Å²) in [6.45, 7) is 0. The molecule has 0 atom stereocenters. The summed E-state index contributed by atoms with van der Waals surface area (Å²) in [5.41, 5.74) is 0.00692. The number of benzene rings is 2. The lowest BCUT2D eigenvalue weighted by Crippen LogP contribution is -2.13. The van der Waals surface area contributed by atoms with E-state index in [0.717, 1.165) is 6.07 Å². The number of rotatable bonds is 3. The van der Waals surface area contributed by atoms with Crippen LogP contribution < -0.4 is 5.32 Å². The average molecular weight is 399 g/mol. The number of amides is 1. The number of aromatic nitrogens is 2. The first-order chi connectivity index (χ1) is 13.4. The second-order valence-corrected chi connectivity index (χ2v) is 6.80. The number of nitrogens with one attached hydrogen (secondary N) is 1. The number of anilines is 1. The molecule has 0 spiro atoms. The second-order valence-electron chi connectivity index (χ2n) is 5.91. The van der Waals surface area contributed by atoms with Crippen molar-refractivity contribution in [3.63, 3.8) is 0 Å². The van der Waals surface area contributed by atoms with E-state index in [1.165, 1.54) is 29.5 Å². The fraction of sp³-hybridized carbons (Fsp3) is 0.0500. The molecule has 0 radical (unpaired) electrons. The van der Waals surface area contributed by atoms with Crippen LogP contribution in [0.3, 0.4) is 0 Å². The molecule has 1 N–H and O–H groups in total. The van der Waals surface area contributed by atoms with Gasteiger partial charge in [-0.1, -0.05) is 42.5 Å². The lowest BCUT2D eigenvalue weighted by molar-refractivity contribution is -0.137. The minimum absolute atomic E-state index is 0.0191. The zero-order chi connectivity index (χ0) is 19.7. The van der Waals surface area contributed by atoms with Gasteiger partial charge in [-0.25, -0.2) is 9.97 Å². The number of hydrogen-bond acceptors (Lipinski definition) is 4. The summed E-state index contributed by atoms with van der Waals surface area (Å²) in [4.78, 5) is 20.8. The van der Waals surface area contributed by atoms with E-state index in [1.54, 1.807) is 41.9 Å². The Morgan fingerprint density at radius 1 is 0.964 bits per heavy atom. The van der Waals surface area contributed by atoms with Crippen molar-refractivity contribution in [3.8, 4) is 11.1 Å². The smallest absolute Gasteiger partial charge is 0.296 e. The van der Waals surface area contributed by atoms with Crippen molar-refractivity contribution < 1.29 is 18.0 Å². The highest BCUT2D eigenvalue weighted by molar-refractivity contribution is 7.13. The summed E-state index contributed by atoms with van der Waals surface area (Å²) in [5.74, 6) is -0.476. The average Bonchev–Trinajstić information content (AvgIpc) is 3.19. The van der Waals surface area contributed by atoms with E-state index in [1.807, 2.05) is 0 Å². The Bertz CT molecular complexity index is 1160. The zero-order valence-corrected chi connectivity index (χ0v) is 15.0. The van der Waals surface area contributed by atoms with Crippen LogP contribution in [0.25, 0.3) is 22.0 Å². The number of alkyl halides is 3. The van der Waals surface area contributed by atoms with Gasteiger partial charge in [0.05, 0.1) is 11.1 Å². The van der Waals surface area contributed by atoms with Gasteiger partial charge in [0, 0.05) is 22.5 Å². The molecule has 0 aliphatic rings. The Morgan fingerprint density at radius 2 is 1.75 bits per heavy atom. The quantitative estimate of drug-likeness (QED) is 0.486. The minimum atomic E-state index is -4.50. The van der Waals surface area contributed by atoms with Crippen LogP contribution in [-0.4, -0.2) is 15.9 Å². The number of hydrogen-bond donors (Lipinski definition) is 1. The van der Waals surface area contributed by atoms with Gasteiger partial charge in [-0.3, -0.25) is 10.1 Å². The van der Waals surface area contributed by atoms with Gasteiger partial charge in [0.15, 0.2) is 5.13 Å². The molecule has 2 aromatic carbocycles. The van der Waals surface area contributed by atoms with Crippen LogP contribution in [0.15, 0.2) is 66.2 Å². The molecule has 28 heavy (non-hydrogen) atoms. The van der Waals surface area contributed by atoms with E-state index in [4.69, 9.17) is 0 Å². The van der Waals surface area contributed by atoms with Gasteiger partial charge in [-0.05, 0) is 17.7 Å². The van der Waals surface area contributed by atoms with Gasteiger partial charge in [-0.15, -0.1) is 11.3 Å². The maximum atomic E-state index is 13.5. The Morgan fingerprint density at radius 3 is 2.50 bits per heavy atom. The summed E-state index contributed by atoms with van der Waals surface area (Å²) < 4.78 is 40.4. The summed E-state index contributed by atoms with van der Waals surface area (Å²) in [6.07, 6.45) is -2.95. The normalized spacial score (nSPS) is 11.5. The van der Waals surface area contributed by atoms with E-state index >= 15 is 0 Å². The molecule has 2 heterocycles. The first kappa shape index (κ1) is 18.1. The van der Waals surface area contributed by atoms with E-state index in [2.05, 4.69) is 15.3 Å². The van der Waals surface area contributed by atoms with Crippen LogP contribution in [0, 0.1) is 0 Å². The predicted octanol–water partition coefficient (Wildman–Crippen LogP) is 5.63. The summed E-state index contributed by atoms with van der Waals surface area (Å²) in [5, 5.41) is 5.40. The topological polar surface area (TPSA) is 54.9 Å². The van der Waals surface area contributed by atoms with Gasteiger partial charge >= 0.3 is 6.18 Å². The molecule has 8 heteroatoms. The third-order valence-corrected chi connectivity index (χ3v) is 4.82. The minimum Gasteiger partial charge on any atom is -0.296 e. The van der Waals surface area contributed by atoms with Crippen molar-refractivity contribution in [2.24, 2.45) is 0 Å². The van der Waals surface area contributed by atoms with Gasteiger partial charge < -0.3 is 0 Å².